The van der Waals surface area contributed by atoms with Crippen LogP contribution in [0.3, 0.4) is 0 Å². The Labute approximate surface area is 103 Å². The van der Waals surface area contributed by atoms with E-state index in [0.717, 1.165) is 19.3 Å². The van der Waals surface area contributed by atoms with Gasteiger partial charge in [0.1, 0.15) is 5.60 Å². The summed E-state index contributed by atoms with van der Waals surface area (Å²) >= 11 is 0. The Kier molecular flexibility index (Phi) is 7.26. The summed E-state index contributed by atoms with van der Waals surface area (Å²) in [5.41, 5.74) is -0.219. The van der Waals surface area contributed by atoms with Crippen molar-refractivity contribution in [3.05, 3.63) is 12.7 Å². The first-order valence-corrected chi connectivity index (χ1v) is 5.99. The predicted octanol–water partition coefficient (Wildman–Crippen LogP) is 2.78. The summed E-state index contributed by atoms with van der Waals surface area (Å²) in [6.07, 6.45) is 6.77. The van der Waals surface area contributed by atoms with Gasteiger partial charge in [0.2, 0.25) is 0 Å². The average molecular weight is 242 g/mol. The maximum Gasteiger partial charge on any atom is 0.330 e. The molecule has 0 bridgehead atoms. The van der Waals surface area contributed by atoms with Gasteiger partial charge in [-0.3, -0.25) is 4.79 Å². The monoisotopic (exact) mass is 242 g/mol. The first-order valence-electron chi connectivity index (χ1n) is 5.99. The van der Waals surface area contributed by atoms with Crippen LogP contribution in [0, 0.1) is 5.92 Å². The minimum absolute atomic E-state index is 0.219. The van der Waals surface area contributed by atoms with Crippen LogP contribution in [0.25, 0.3) is 0 Å². The third-order valence-electron chi connectivity index (χ3n) is 3.45. The molecule has 0 heterocycles. The summed E-state index contributed by atoms with van der Waals surface area (Å²) in [6, 6.07) is 0. The molecule has 1 saturated carbocycles. The van der Waals surface area contributed by atoms with Crippen molar-refractivity contribution >= 4 is 12.4 Å². The molecule has 4 nitrogen and oxygen atoms in total. The maximum absolute atomic E-state index is 11.2. The first kappa shape index (κ1) is 15.7. The lowest BCUT2D eigenvalue weighted by Crippen LogP contribution is -2.42. The van der Waals surface area contributed by atoms with Crippen LogP contribution in [0.15, 0.2) is 12.7 Å². The molecule has 0 spiro atoms. The molecule has 4 heteroatoms. The van der Waals surface area contributed by atoms with Crippen LogP contribution in [-0.2, 0) is 14.3 Å². The predicted molar refractivity (Wildman–Crippen MR) is 65.6 cm³/mol. The van der Waals surface area contributed by atoms with Crippen LogP contribution in [-0.4, -0.2) is 23.1 Å². The van der Waals surface area contributed by atoms with E-state index in [1.54, 1.807) is 0 Å². The molecule has 1 rings (SSSR count). The van der Waals surface area contributed by atoms with Crippen molar-refractivity contribution < 1.29 is 19.4 Å². The van der Waals surface area contributed by atoms with Crippen molar-refractivity contribution in [1.29, 1.82) is 0 Å². The first-order chi connectivity index (χ1) is 8.06. The highest BCUT2D eigenvalue weighted by molar-refractivity contribution is 5.81. The van der Waals surface area contributed by atoms with E-state index in [2.05, 4.69) is 20.4 Å². The number of hydrogen-bond acceptors (Lipinski definition) is 3. The van der Waals surface area contributed by atoms with Crippen molar-refractivity contribution in [2.24, 2.45) is 5.92 Å². The van der Waals surface area contributed by atoms with Crippen LogP contribution < -0.4 is 0 Å². The molecule has 1 aliphatic carbocycles. The normalized spacial score (nSPS) is 27.3. The molecule has 17 heavy (non-hydrogen) atoms. The standard InChI is InChI=1S/C12H20O2.CH2O2/c1-4-11(13)14-12(5-2)9-7-6-8-10(12)3;2-1-3/h4,10H,1,5-9H2,2-3H3;1H,(H,2,3). The van der Waals surface area contributed by atoms with E-state index in [1.807, 2.05) is 0 Å². The number of esters is 1. The second-order valence-corrected chi connectivity index (χ2v) is 4.30. The Morgan fingerprint density at radius 1 is 1.59 bits per heavy atom. The molecule has 0 aliphatic heterocycles. The van der Waals surface area contributed by atoms with Gasteiger partial charge in [0.25, 0.3) is 6.47 Å². The maximum atomic E-state index is 11.2. The zero-order valence-corrected chi connectivity index (χ0v) is 10.6. The van der Waals surface area contributed by atoms with Crippen LogP contribution in [0.5, 0.6) is 0 Å². The lowest BCUT2D eigenvalue weighted by atomic mass is 9.74. The van der Waals surface area contributed by atoms with E-state index in [0.29, 0.717) is 5.92 Å². The highest BCUT2D eigenvalue weighted by Gasteiger charge is 2.39. The number of carbonyl (C=O) groups excluding carboxylic acids is 1. The average Bonchev–Trinajstić information content (AvgIpc) is 2.33. The van der Waals surface area contributed by atoms with Crippen molar-refractivity contribution in [2.45, 2.75) is 51.6 Å². The topological polar surface area (TPSA) is 63.6 Å². The van der Waals surface area contributed by atoms with E-state index >= 15 is 0 Å². The zero-order valence-electron chi connectivity index (χ0n) is 10.6. The smallest absolute Gasteiger partial charge is 0.330 e. The van der Waals surface area contributed by atoms with Gasteiger partial charge < -0.3 is 9.84 Å². The Balaban J connectivity index is 0.000000770. The SMILES string of the molecule is C=CC(=O)OC1(CC)CCCCC1C.O=CO. The van der Waals surface area contributed by atoms with Gasteiger partial charge in [0.15, 0.2) is 0 Å². The Hall–Kier alpha value is -1.32. The molecule has 1 aliphatic rings. The van der Waals surface area contributed by atoms with Gasteiger partial charge in [0, 0.05) is 6.08 Å². The minimum Gasteiger partial charge on any atom is -0.483 e. The Morgan fingerprint density at radius 2 is 2.18 bits per heavy atom. The van der Waals surface area contributed by atoms with Gasteiger partial charge in [-0.15, -0.1) is 0 Å². The molecular weight excluding hydrogens is 220 g/mol. The zero-order chi connectivity index (χ0) is 13.3. The fraction of sp³-hybridized carbons (Fsp3) is 0.692. The van der Waals surface area contributed by atoms with Crippen molar-refractivity contribution in [2.75, 3.05) is 0 Å². The summed E-state index contributed by atoms with van der Waals surface area (Å²) in [4.78, 5) is 19.6. The van der Waals surface area contributed by atoms with E-state index in [1.165, 1.54) is 18.9 Å². The molecule has 2 unspecified atom stereocenters. The molecule has 0 aromatic rings. The summed E-state index contributed by atoms with van der Waals surface area (Å²) in [5.74, 6) is 0.200. The van der Waals surface area contributed by atoms with Crippen LogP contribution in [0.1, 0.15) is 46.0 Å². The van der Waals surface area contributed by atoms with E-state index in [-0.39, 0.29) is 18.0 Å². The molecule has 0 aromatic carbocycles. The summed E-state index contributed by atoms with van der Waals surface area (Å²) in [5, 5.41) is 6.89. The summed E-state index contributed by atoms with van der Waals surface area (Å²) < 4.78 is 5.53. The number of carbonyl (C=O) groups is 2. The van der Waals surface area contributed by atoms with E-state index < -0.39 is 0 Å². The lowest BCUT2D eigenvalue weighted by molar-refractivity contribution is -0.164. The molecule has 0 aromatic heterocycles. The molecule has 0 saturated heterocycles. The number of ether oxygens (including phenoxy) is 1. The number of hydrogen-bond donors (Lipinski definition) is 1. The summed E-state index contributed by atoms with van der Waals surface area (Å²) in [6.45, 7) is 7.47. The Bertz CT molecular complexity index is 262. The highest BCUT2D eigenvalue weighted by Crippen LogP contribution is 2.39. The molecule has 1 fully saturated rings. The van der Waals surface area contributed by atoms with Gasteiger partial charge in [-0.2, -0.15) is 0 Å². The molecule has 1 N–H and O–H groups in total. The van der Waals surface area contributed by atoms with Gasteiger partial charge >= 0.3 is 5.97 Å². The van der Waals surface area contributed by atoms with Crippen LogP contribution in [0.2, 0.25) is 0 Å². The lowest BCUT2D eigenvalue weighted by Gasteiger charge is -2.41. The number of carboxylic acid groups (broad SMARTS) is 1. The van der Waals surface area contributed by atoms with E-state index in [4.69, 9.17) is 14.6 Å². The van der Waals surface area contributed by atoms with E-state index in [9.17, 15) is 4.79 Å². The van der Waals surface area contributed by atoms with Crippen LogP contribution >= 0.6 is 0 Å². The van der Waals surface area contributed by atoms with Crippen LogP contribution in [0.4, 0.5) is 0 Å². The van der Waals surface area contributed by atoms with Crippen molar-refractivity contribution in [1.82, 2.24) is 0 Å². The third-order valence-corrected chi connectivity index (χ3v) is 3.45. The fourth-order valence-electron chi connectivity index (χ4n) is 2.38. The molecule has 0 amide bonds. The highest BCUT2D eigenvalue weighted by atomic mass is 16.6. The van der Waals surface area contributed by atoms with Gasteiger partial charge in [-0.05, 0) is 31.6 Å². The largest absolute Gasteiger partial charge is 0.483 e. The third kappa shape index (κ3) is 4.59. The second kappa shape index (κ2) is 7.87. The number of rotatable bonds is 3. The van der Waals surface area contributed by atoms with Gasteiger partial charge in [-0.25, -0.2) is 4.79 Å². The van der Waals surface area contributed by atoms with Crippen molar-refractivity contribution in [3.63, 3.8) is 0 Å². The fourth-order valence-corrected chi connectivity index (χ4v) is 2.38. The Morgan fingerprint density at radius 3 is 2.59 bits per heavy atom. The van der Waals surface area contributed by atoms with Gasteiger partial charge in [0.05, 0.1) is 0 Å². The minimum atomic E-state index is -0.277. The molecule has 0 radical (unpaired) electrons. The second-order valence-electron chi connectivity index (χ2n) is 4.30. The molecular formula is C13H22O4. The van der Waals surface area contributed by atoms with Gasteiger partial charge in [-0.1, -0.05) is 26.8 Å². The van der Waals surface area contributed by atoms with Crippen molar-refractivity contribution in [3.8, 4) is 0 Å². The molecule has 98 valence electrons. The molecule has 2 atom stereocenters. The summed E-state index contributed by atoms with van der Waals surface area (Å²) in [7, 11) is 0. The quantitative estimate of drug-likeness (QED) is 0.469.